The first-order valence-electron chi connectivity index (χ1n) is 7.72. The quantitative estimate of drug-likeness (QED) is 0.723. The summed E-state index contributed by atoms with van der Waals surface area (Å²) in [5.74, 6) is 1.11. The number of nitrogens with one attached hydrogen (secondary N) is 1. The Bertz CT molecular complexity index is 555. The van der Waals surface area contributed by atoms with Crippen LogP contribution in [0.3, 0.4) is 0 Å². The number of rotatable bonds is 6. The first-order valence-corrected chi connectivity index (χ1v) is 7.72. The molecule has 0 aromatic carbocycles. The molecular weight excluding hydrogens is 296 g/mol. The van der Waals surface area contributed by atoms with Gasteiger partial charge in [-0.1, -0.05) is 0 Å². The zero-order chi connectivity index (χ0) is 16.8. The molecule has 0 spiro atoms. The largest absolute Gasteiger partial charge is 0.369 e. The number of carbonyl (C=O) groups excluding carboxylic acids is 2. The lowest BCUT2D eigenvalue weighted by Crippen LogP contribution is -2.48. The molecule has 0 radical (unpaired) electrons. The zero-order valence-electron chi connectivity index (χ0n) is 13.9. The van der Waals surface area contributed by atoms with Crippen LogP contribution < -0.4 is 5.32 Å². The summed E-state index contributed by atoms with van der Waals surface area (Å²) in [6.07, 6.45) is 0.823. The summed E-state index contributed by atoms with van der Waals surface area (Å²) in [4.78, 5) is 37.3. The monoisotopic (exact) mass is 320 g/mol. The van der Waals surface area contributed by atoms with Crippen molar-refractivity contribution in [3.05, 3.63) is 17.6 Å². The standard InChI is InChI=1S/C15H24N6O2/c1-12-17-13(10-14(18-12)16-4-5-19(2)3)15(23)21-8-6-20(11-22)7-9-21/h10-11H,4-9H2,1-3H3,(H,16,17,18). The molecule has 23 heavy (non-hydrogen) atoms. The second-order valence-electron chi connectivity index (χ2n) is 5.85. The highest BCUT2D eigenvalue weighted by molar-refractivity contribution is 5.93. The topological polar surface area (TPSA) is 81.7 Å². The molecule has 1 aliphatic heterocycles. The molecular formula is C15H24N6O2. The molecule has 8 nitrogen and oxygen atoms in total. The molecule has 1 aromatic heterocycles. The Balaban J connectivity index is 2.02. The Morgan fingerprint density at radius 3 is 2.61 bits per heavy atom. The van der Waals surface area contributed by atoms with Gasteiger partial charge in [0.2, 0.25) is 6.41 Å². The third-order valence-corrected chi connectivity index (χ3v) is 3.67. The zero-order valence-corrected chi connectivity index (χ0v) is 13.9. The first-order chi connectivity index (χ1) is 11.0. The van der Waals surface area contributed by atoms with Crippen molar-refractivity contribution in [3.8, 4) is 0 Å². The normalized spacial score (nSPS) is 15.0. The highest BCUT2D eigenvalue weighted by Crippen LogP contribution is 2.11. The average Bonchev–Trinajstić information content (AvgIpc) is 2.53. The second-order valence-corrected chi connectivity index (χ2v) is 5.85. The van der Waals surface area contributed by atoms with Crippen molar-refractivity contribution in [2.24, 2.45) is 0 Å². The number of nitrogens with zero attached hydrogens (tertiary/aromatic N) is 5. The molecule has 2 heterocycles. The van der Waals surface area contributed by atoms with Gasteiger partial charge in [0.1, 0.15) is 17.3 Å². The van der Waals surface area contributed by atoms with E-state index >= 15 is 0 Å². The third-order valence-electron chi connectivity index (χ3n) is 3.67. The minimum absolute atomic E-state index is 0.114. The molecule has 0 atom stereocenters. The summed E-state index contributed by atoms with van der Waals surface area (Å²) in [6.45, 7) is 5.59. The Morgan fingerprint density at radius 1 is 1.30 bits per heavy atom. The van der Waals surface area contributed by atoms with E-state index in [0.717, 1.165) is 19.5 Å². The SMILES string of the molecule is Cc1nc(NCCN(C)C)cc(C(=O)N2CCN(C=O)CC2)n1. The van der Waals surface area contributed by atoms with Crippen LogP contribution in [0, 0.1) is 6.92 Å². The van der Waals surface area contributed by atoms with Gasteiger partial charge in [0.05, 0.1) is 0 Å². The van der Waals surface area contributed by atoms with Crippen molar-refractivity contribution < 1.29 is 9.59 Å². The van der Waals surface area contributed by atoms with Crippen molar-refractivity contribution in [1.29, 1.82) is 0 Å². The van der Waals surface area contributed by atoms with Crippen LogP contribution in [0.15, 0.2) is 6.07 Å². The lowest BCUT2D eigenvalue weighted by molar-refractivity contribution is -0.119. The van der Waals surface area contributed by atoms with E-state index in [2.05, 4.69) is 20.2 Å². The summed E-state index contributed by atoms with van der Waals surface area (Å²) >= 11 is 0. The lowest BCUT2D eigenvalue weighted by Gasteiger charge is -2.32. The Hall–Kier alpha value is -2.22. The number of aromatic nitrogens is 2. The first kappa shape index (κ1) is 17.1. The summed E-state index contributed by atoms with van der Waals surface area (Å²) in [7, 11) is 4.00. The van der Waals surface area contributed by atoms with Gasteiger partial charge in [-0.2, -0.15) is 0 Å². The number of piperazine rings is 1. The van der Waals surface area contributed by atoms with E-state index in [1.807, 2.05) is 14.1 Å². The smallest absolute Gasteiger partial charge is 0.272 e. The van der Waals surface area contributed by atoms with E-state index < -0.39 is 0 Å². The molecule has 0 bridgehead atoms. The molecule has 0 aliphatic carbocycles. The maximum atomic E-state index is 12.6. The molecule has 0 unspecified atom stereocenters. The molecule has 2 amide bonds. The Labute approximate surface area is 136 Å². The Kier molecular flexibility index (Phi) is 5.86. The van der Waals surface area contributed by atoms with Gasteiger partial charge in [-0.05, 0) is 21.0 Å². The van der Waals surface area contributed by atoms with Crippen LogP contribution in [-0.2, 0) is 4.79 Å². The third kappa shape index (κ3) is 4.88. The predicted molar refractivity (Wildman–Crippen MR) is 87.4 cm³/mol. The summed E-state index contributed by atoms with van der Waals surface area (Å²) in [5, 5.41) is 3.21. The fraction of sp³-hybridized carbons (Fsp3) is 0.600. The van der Waals surface area contributed by atoms with Crippen molar-refractivity contribution in [2.75, 3.05) is 58.7 Å². The molecule has 2 rings (SSSR count). The van der Waals surface area contributed by atoms with Crippen LogP contribution in [0.5, 0.6) is 0 Å². The summed E-state index contributed by atoms with van der Waals surface area (Å²) in [6, 6.07) is 1.69. The van der Waals surface area contributed by atoms with E-state index in [0.29, 0.717) is 43.5 Å². The molecule has 1 aliphatic rings. The minimum Gasteiger partial charge on any atom is -0.369 e. The van der Waals surface area contributed by atoms with Crippen LogP contribution in [0.25, 0.3) is 0 Å². The minimum atomic E-state index is -0.114. The molecule has 1 N–H and O–H groups in total. The van der Waals surface area contributed by atoms with Crippen LogP contribution in [-0.4, -0.2) is 90.3 Å². The van der Waals surface area contributed by atoms with E-state index in [1.165, 1.54) is 0 Å². The molecule has 1 fully saturated rings. The van der Waals surface area contributed by atoms with E-state index in [1.54, 1.807) is 22.8 Å². The van der Waals surface area contributed by atoms with Crippen LogP contribution in [0.4, 0.5) is 5.82 Å². The Morgan fingerprint density at radius 2 is 2.00 bits per heavy atom. The van der Waals surface area contributed by atoms with Crippen LogP contribution in [0.1, 0.15) is 16.3 Å². The van der Waals surface area contributed by atoms with Gasteiger partial charge in [-0.15, -0.1) is 0 Å². The van der Waals surface area contributed by atoms with Crippen LogP contribution >= 0.6 is 0 Å². The average molecular weight is 320 g/mol. The molecule has 1 saturated heterocycles. The molecule has 1 aromatic rings. The van der Waals surface area contributed by atoms with Crippen molar-refractivity contribution >= 4 is 18.1 Å². The van der Waals surface area contributed by atoms with Crippen molar-refractivity contribution in [2.45, 2.75) is 6.92 Å². The summed E-state index contributed by atoms with van der Waals surface area (Å²) in [5.41, 5.74) is 0.393. The van der Waals surface area contributed by atoms with Gasteiger partial charge >= 0.3 is 0 Å². The van der Waals surface area contributed by atoms with Crippen LogP contribution in [0.2, 0.25) is 0 Å². The van der Waals surface area contributed by atoms with Gasteiger partial charge in [0.25, 0.3) is 5.91 Å². The highest BCUT2D eigenvalue weighted by atomic mass is 16.2. The summed E-state index contributed by atoms with van der Waals surface area (Å²) < 4.78 is 0. The maximum Gasteiger partial charge on any atom is 0.272 e. The molecule has 8 heteroatoms. The number of anilines is 1. The van der Waals surface area contributed by atoms with E-state index in [4.69, 9.17) is 0 Å². The van der Waals surface area contributed by atoms with E-state index in [9.17, 15) is 9.59 Å². The van der Waals surface area contributed by atoms with Gasteiger partial charge in [-0.3, -0.25) is 9.59 Å². The van der Waals surface area contributed by atoms with Gasteiger partial charge < -0.3 is 20.0 Å². The molecule has 0 saturated carbocycles. The lowest BCUT2D eigenvalue weighted by atomic mass is 10.2. The van der Waals surface area contributed by atoms with Crippen molar-refractivity contribution in [1.82, 2.24) is 24.7 Å². The second kappa shape index (κ2) is 7.87. The fourth-order valence-corrected chi connectivity index (χ4v) is 2.37. The predicted octanol–water partition coefficient (Wildman–Crippen LogP) is -0.327. The number of aryl methyl sites for hydroxylation is 1. The number of hydrogen-bond acceptors (Lipinski definition) is 6. The number of likely N-dealkylation sites (N-methyl/N-ethyl adjacent to an activating group) is 1. The van der Waals surface area contributed by atoms with Gasteiger partial charge in [-0.25, -0.2) is 9.97 Å². The molecule has 126 valence electrons. The number of amides is 2. The van der Waals surface area contributed by atoms with Gasteiger partial charge in [0, 0.05) is 45.3 Å². The maximum absolute atomic E-state index is 12.6. The highest BCUT2D eigenvalue weighted by Gasteiger charge is 2.23. The van der Waals surface area contributed by atoms with E-state index in [-0.39, 0.29) is 5.91 Å². The fourth-order valence-electron chi connectivity index (χ4n) is 2.37. The van der Waals surface area contributed by atoms with Gasteiger partial charge in [0.15, 0.2) is 0 Å². The number of hydrogen-bond donors (Lipinski definition) is 1. The number of carbonyl (C=O) groups is 2. The van der Waals surface area contributed by atoms with Crippen molar-refractivity contribution in [3.63, 3.8) is 0 Å².